The molecule has 0 N–H and O–H groups in total. The normalized spacial score (nSPS) is 8.67. The van der Waals surface area contributed by atoms with E-state index in [1.807, 2.05) is 0 Å². The zero-order valence-corrected chi connectivity index (χ0v) is 6.39. The lowest BCUT2D eigenvalue weighted by Crippen LogP contribution is -2.07. The van der Waals surface area contributed by atoms with Crippen LogP contribution in [-0.4, -0.2) is 24.3 Å². The molecule has 12 heavy (non-hydrogen) atoms. The maximum absolute atomic E-state index is 10.4. The van der Waals surface area contributed by atoms with Crippen LogP contribution in [0.2, 0.25) is 0 Å². The number of nitrogens with zero attached hydrogens (tertiary/aromatic N) is 1. The predicted molar refractivity (Wildman–Crippen MR) is 38.7 cm³/mol. The second-order valence-electron chi connectivity index (χ2n) is 1.78. The van der Waals surface area contributed by atoms with Gasteiger partial charge in [0.25, 0.3) is 5.09 Å². The average molecular weight is 175 g/mol. The number of carbonyl (C=O) groups excluding carboxylic acids is 1. The number of hydrogen-bond acceptors (Lipinski definition) is 5. The molecule has 0 atom stereocenters. The van der Waals surface area contributed by atoms with Crippen LogP contribution in [0.15, 0.2) is 12.7 Å². The van der Waals surface area contributed by atoms with Gasteiger partial charge in [-0.05, 0) is 0 Å². The molecule has 0 aliphatic carbocycles. The van der Waals surface area contributed by atoms with Crippen LogP contribution in [0.25, 0.3) is 0 Å². The molecule has 0 unspecified atom stereocenters. The fraction of sp³-hybridized carbons (Fsp3) is 0.500. The smallest absolute Gasteiger partial charge is 0.330 e. The molecule has 0 fully saturated rings. The first-order valence-electron chi connectivity index (χ1n) is 3.23. The lowest BCUT2D eigenvalue weighted by molar-refractivity contribution is -0.757. The third-order valence-corrected chi connectivity index (χ3v) is 0.896. The SMILES string of the molecule is C=CC(=O)OCCCO[N+](=O)[O-]. The van der Waals surface area contributed by atoms with Gasteiger partial charge in [-0.15, -0.1) is 10.1 Å². The minimum atomic E-state index is -0.894. The summed E-state index contributed by atoms with van der Waals surface area (Å²) in [5, 5.41) is 8.72. The second kappa shape index (κ2) is 6.14. The van der Waals surface area contributed by atoms with Crippen LogP contribution in [0.3, 0.4) is 0 Å². The standard InChI is InChI=1S/C6H9NO5/c1-2-6(8)11-4-3-5-12-7(9)10/h2H,1,3-5H2. The van der Waals surface area contributed by atoms with Crippen molar-refractivity contribution in [3.8, 4) is 0 Å². The summed E-state index contributed by atoms with van der Waals surface area (Å²) in [5.74, 6) is -0.545. The first-order chi connectivity index (χ1) is 5.66. The maximum Gasteiger partial charge on any atom is 0.330 e. The fourth-order valence-corrected chi connectivity index (χ4v) is 0.430. The highest BCUT2D eigenvalue weighted by Gasteiger charge is 1.96. The van der Waals surface area contributed by atoms with E-state index < -0.39 is 11.1 Å². The van der Waals surface area contributed by atoms with Gasteiger partial charge in [0, 0.05) is 12.5 Å². The molecular weight excluding hydrogens is 166 g/mol. The van der Waals surface area contributed by atoms with Crippen molar-refractivity contribution in [3.05, 3.63) is 22.8 Å². The van der Waals surface area contributed by atoms with E-state index >= 15 is 0 Å². The van der Waals surface area contributed by atoms with E-state index in [1.165, 1.54) is 0 Å². The molecule has 0 bridgehead atoms. The van der Waals surface area contributed by atoms with Crippen LogP contribution in [0, 0.1) is 10.1 Å². The van der Waals surface area contributed by atoms with Crippen molar-refractivity contribution in [2.75, 3.05) is 13.2 Å². The summed E-state index contributed by atoms with van der Waals surface area (Å²) in [6, 6.07) is 0. The van der Waals surface area contributed by atoms with Crippen LogP contribution in [0.4, 0.5) is 0 Å². The molecule has 0 spiro atoms. The Hall–Kier alpha value is -1.59. The van der Waals surface area contributed by atoms with Gasteiger partial charge in [-0.25, -0.2) is 4.79 Å². The van der Waals surface area contributed by atoms with Crippen molar-refractivity contribution in [2.24, 2.45) is 0 Å². The van der Waals surface area contributed by atoms with Gasteiger partial charge < -0.3 is 9.57 Å². The van der Waals surface area contributed by atoms with Crippen LogP contribution >= 0.6 is 0 Å². The van der Waals surface area contributed by atoms with Gasteiger partial charge in [-0.1, -0.05) is 6.58 Å². The molecule has 0 heterocycles. The van der Waals surface area contributed by atoms with E-state index in [2.05, 4.69) is 16.2 Å². The first-order valence-corrected chi connectivity index (χ1v) is 3.23. The minimum absolute atomic E-state index is 0.0720. The number of rotatable bonds is 6. The Balaban J connectivity index is 3.16. The highest BCUT2D eigenvalue weighted by molar-refractivity contribution is 5.81. The molecular formula is C6H9NO5. The molecule has 0 saturated heterocycles. The van der Waals surface area contributed by atoms with Gasteiger partial charge in [0.15, 0.2) is 0 Å². The van der Waals surface area contributed by atoms with Gasteiger partial charge in [0.05, 0.1) is 13.2 Å². The topological polar surface area (TPSA) is 78.7 Å². The lowest BCUT2D eigenvalue weighted by atomic mass is 10.5. The molecule has 0 aromatic heterocycles. The second-order valence-corrected chi connectivity index (χ2v) is 1.78. The van der Waals surface area contributed by atoms with Crippen molar-refractivity contribution in [1.82, 2.24) is 0 Å². The number of ether oxygens (including phenoxy) is 1. The Labute approximate surface area is 68.9 Å². The third kappa shape index (κ3) is 6.53. The predicted octanol–water partition coefficient (Wildman–Crippen LogP) is 0.314. The van der Waals surface area contributed by atoms with E-state index in [0.29, 0.717) is 6.42 Å². The Morgan fingerprint density at radius 2 is 2.25 bits per heavy atom. The van der Waals surface area contributed by atoms with Crippen molar-refractivity contribution < 1.29 is 19.5 Å². The van der Waals surface area contributed by atoms with Gasteiger partial charge in [0.2, 0.25) is 0 Å². The maximum atomic E-state index is 10.4. The summed E-state index contributed by atoms with van der Waals surface area (Å²) >= 11 is 0. The fourth-order valence-electron chi connectivity index (χ4n) is 0.430. The van der Waals surface area contributed by atoms with Gasteiger partial charge in [-0.2, -0.15) is 0 Å². The molecule has 0 aliphatic heterocycles. The lowest BCUT2D eigenvalue weighted by Gasteiger charge is -1.99. The van der Waals surface area contributed by atoms with Crippen molar-refractivity contribution in [1.29, 1.82) is 0 Å². The molecule has 0 aromatic rings. The minimum Gasteiger partial charge on any atom is -0.462 e. The molecule has 68 valence electrons. The molecule has 0 radical (unpaired) electrons. The monoisotopic (exact) mass is 175 g/mol. The first kappa shape index (κ1) is 10.4. The van der Waals surface area contributed by atoms with Crippen LogP contribution < -0.4 is 0 Å². The summed E-state index contributed by atoms with van der Waals surface area (Å²) in [5.41, 5.74) is 0. The molecule has 6 nitrogen and oxygen atoms in total. The van der Waals surface area contributed by atoms with E-state index in [1.54, 1.807) is 0 Å². The van der Waals surface area contributed by atoms with E-state index in [0.717, 1.165) is 6.08 Å². The summed E-state index contributed by atoms with van der Waals surface area (Å²) in [7, 11) is 0. The van der Waals surface area contributed by atoms with Gasteiger partial charge in [0.1, 0.15) is 0 Å². The quantitative estimate of drug-likeness (QED) is 0.191. The highest BCUT2D eigenvalue weighted by atomic mass is 16.9. The van der Waals surface area contributed by atoms with Crippen LogP contribution in [0.5, 0.6) is 0 Å². The average Bonchev–Trinajstić information content (AvgIpc) is 2.03. The Morgan fingerprint density at radius 1 is 1.58 bits per heavy atom. The van der Waals surface area contributed by atoms with Gasteiger partial charge >= 0.3 is 5.97 Å². The summed E-state index contributed by atoms with van der Waals surface area (Å²) < 4.78 is 4.51. The number of hydrogen-bond donors (Lipinski definition) is 0. The molecule has 6 heteroatoms. The largest absolute Gasteiger partial charge is 0.462 e. The van der Waals surface area contributed by atoms with Crippen LogP contribution in [-0.2, 0) is 14.4 Å². The van der Waals surface area contributed by atoms with E-state index in [-0.39, 0.29) is 13.2 Å². The molecule has 0 amide bonds. The van der Waals surface area contributed by atoms with E-state index in [4.69, 9.17) is 0 Å². The summed E-state index contributed by atoms with van der Waals surface area (Å²) in [6.45, 7) is 3.20. The number of carbonyl (C=O) groups is 1. The van der Waals surface area contributed by atoms with E-state index in [9.17, 15) is 14.9 Å². The molecule has 0 rings (SSSR count). The Morgan fingerprint density at radius 3 is 2.75 bits per heavy atom. The third-order valence-electron chi connectivity index (χ3n) is 0.896. The highest BCUT2D eigenvalue weighted by Crippen LogP contribution is 1.86. The van der Waals surface area contributed by atoms with Crippen molar-refractivity contribution >= 4 is 5.97 Å². The molecule has 0 saturated carbocycles. The van der Waals surface area contributed by atoms with Crippen molar-refractivity contribution in [3.63, 3.8) is 0 Å². The zero-order chi connectivity index (χ0) is 9.40. The van der Waals surface area contributed by atoms with Crippen LogP contribution in [0.1, 0.15) is 6.42 Å². The van der Waals surface area contributed by atoms with Crippen molar-refractivity contribution in [2.45, 2.75) is 6.42 Å². The summed E-state index contributed by atoms with van der Waals surface area (Å²) in [6.07, 6.45) is 1.31. The molecule has 0 aliphatic rings. The van der Waals surface area contributed by atoms with Gasteiger partial charge in [-0.3, -0.25) is 0 Å². The zero-order valence-electron chi connectivity index (χ0n) is 6.39. The Kier molecular flexibility index (Phi) is 5.33. The Bertz CT molecular complexity index is 179. The summed E-state index contributed by atoms with van der Waals surface area (Å²) in [4.78, 5) is 24.0. The molecule has 0 aromatic carbocycles. The number of esters is 1.